The number of alkyl halides is 1. The lowest BCUT2D eigenvalue weighted by molar-refractivity contribution is 0.104. The largest absolute Gasteiger partial charge is 0.486 e. The molecule has 2 aliphatic rings. The Labute approximate surface area is 130 Å². The van der Waals surface area contributed by atoms with E-state index in [4.69, 9.17) is 21.1 Å². The van der Waals surface area contributed by atoms with Gasteiger partial charge in [0.05, 0.1) is 5.38 Å². The molecule has 0 bridgehead atoms. The highest BCUT2D eigenvalue weighted by atomic mass is 35.5. The smallest absolute Gasteiger partial charge is 0.169 e. The average molecular weight is 306 g/mol. The van der Waals surface area contributed by atoms with Crippen molar-refractivity contribution in [2.24, 2.45) is 5.73 Å². The van der Waals surface area contributed by atoms with E-state index in [-0.39, 0.29) is 11.5 Å². The Morgan fingerprint density at radius 3 is 2.86 bits per heavy atom. The topological polar surface area (TPSA) is 44.5 Å². The monoisotopic (exact) mass is 305 g/mol. The van der Waals surface area contributed by atoms with E-state index in [1.54, 1.807) is 0 Å². The maximum absolute atomic E-state index is 6.20. The van der Waals surface area contributed by atoms with E-state index in [2.05, 4.69) is 5.73 Å². The number of para-hydroxylation sites is 1. The summed E-state index contributed by atoms with van der Waals surface area (Å²) in [4.78, 5) is 0. The van der Waals surface area contributed by atoms with Crippen LogP contribution in [0.3, 0.4) is 0 Å². The van der Waals surface area contributed by atoms with Crippen LogP contribution in [-0.4, -0.2) is 25.1 Å². The van der Waals surface area contributed by atoms with Gasteiger partial charge in [-0.3, -0.25) is 0 Å². The van der Waals surface area contributed by atoms with Gasteiger partial charge in [-0.2, -0.15) is 0 Å². The van der Waals surface area contributed by atoms with E-state index in [1.165, 1.54) is 7.05 Å². The summed E-state index contributed by atoms with van der Waals surface area (Å²) in [5.74, 6) is 1.61. The Kier molecular flexibility index (Phi) is 5.48. The van der Waals surface area contributed by atoms with Gasteiger partial charge < -0.3 is 15.2 Å². The maximum atomic E-state index is 6.20. The van der Waals surface area contributed by atoms with Crippen LogP contribution in [-0.2, 0) is 0 Å². The van der Waals surface area contributed by atoms with Crippen LogP contribution in [0, 0.1) is 0 Å². The van der Waals surface area contributed by atoms with Crippen LogP contribution >= 0.6 is 11.6 Å². The summed E-state index contributed by atoms with van der Waals surface area (Å²) < 4.78 is 11.6. The minimum atomic E-state index is -0.109. The van der Waals surface area contributed by atoms with Gasteiger partial charge in [0.15, 0.2) is 11.5 Å². The predicted molar refractivity (Wildman–Crippen MR) is 88.0 cm³/mol. The van der Waals surface area contributed by atoms with Gasteiger partial charge >= 0.3 is 0 Å². The third-order valence-corrected chi connectivity index (χ3v) is 3.37. The molecule has 1 aromatic rings. The van der Waals surface area contributed by atoms with Gasteiger partial charge in [0.25, 0.3) is 0 Å². The lowest BCUT2D eigenvalue weighted by Gasteiger charge is -2.26. The van der Waals surface area contributed by atoms with Crippen molar-refractivity contribution in [2.45, 2.75) is 18.4 Å². The van der Waals surface area contributed by atoms with Gasteiger partial charge in [0.1, 0.15) is 12.7 Å². The number of nitrogens with two attached hydrogens (primary N) is 1. The molecule has 0 spiro atoms. The van der Waals surface area contributed by atoms with Gasteiger partial charge in [-0.15, -0.1) is 11.6 Å². The van der Waals surface area contributed by atoms with Gasteiger partial charge in [0, 0.05) is 5.56 Å². The molecule has 0 amide bonds. The fourth-order valence-corrected chi connectivity index (χ4v) is 2.43. The van der Waals surface area contributed by atoms with E-state index in [0.717, 1.165) is 22.6 Å². The molecule has 3 rings (SSSR count). The SMILES string of the molecule is CC1COc2cccc(C3=CC(Cl)C=CC=C3)c2O1.CN. The third kappa shape index (κ3) is 3.69. The molecule has 21 heavy (non-hydrogen) atoms. The molecule has 112 valence electrons. The molecule has 1 aliphatic heterocycles. The average Bonchev–Trinajstić information content (AvgIpc) is 2.73. The maximum Gasteiger partial charge on any atom is 0.169 e. The Hall–Kier alpha value is -1.71. The highest BCUT2D eigenvalue weighted by molar-refractivity contribution is 6.23. The highest BCUT2D eigenvalue weighted by Crippen LogP contribution is 2.39. The van der Waals surface area contributed by atoms with Gasteiger partial charge in [-0.05, 0) is 25.6 Å². The minimum absolute atomic E-state index is 0.0638. The molecular formula is C17H20ClNO2. The summed E-state index contributed by atoms with van der Waals surface area (Å²) >= 11 is 6.20. The first-order chi connectivity index (χ1) is 10.2. The summed E-state index contributed by atoms with van der Waals surface area (Å²) in [7, 11) is 1.50. The van der Waals surface area contributed by atoms with Crippen LogP contribution < -0.4 is 15.2 Å². The van der Waals surface area contributed by atoms with Crippen LogP contribution in [0.1, 0.15) is 12.5 Å². The second kappa shape index (κ2) is 7.34. The molecule has 3 nitrogen and oxygen atoms in total. The number of benzene rings is 1. The van der Waals surface area contributed by atoms with Crippen molar-refractivity contribution in [3.05, 3.63) is 54.1 Å². The number of allylic oxidation sites excluding steroid dienone is 6. The summed E-state index contributed by atoms with van der Waals surface area (Å²) in [6.07, 6.45) is 10.0. The zero-order valence-corrected chi connectivity index (χ0v) is 13.0. The summed E-state index contributed by atoms with van der Waals surface area (Å²) in [5.41, 5.74) is 6.58. The first-order valence-corrected chi connectivity index (χ1v) is 7.39. The first kappa shape index (κ1) is 15.7. The third-order valence-electron chi connectivity index (χ3n) is 3.10. The molecule has 1 heterocycles. The zero-order valence-electron chi connectivity index (χ0n) is 12.3. The van der Waals surface area contributed by atoms with Crippen molar-refractivity contribution in [1.29, 1.82) is 0 Å². The van der Waals surface area contributed by atoms with Crippen LogP contribution in [0.2, 0.25) is 0 Å². The van der Waals surface area contributed by atoms with E-state index < -0.39 is 0 Å². The highest BCUT2D eigenvalue weighted by Gasteiger charge is 2.21. The summed E-state index contributed by atoms with van der Waals surface area (Å²) in [5, 5.41) is -0.109. The second-order valence-corrected chi connectivity index (χ2v) is 5.19. The summed E-state index contributed by atoms with van der Waals surface area (Å²) in [6.45, 7) is 2.59. The van der Waals surface area contributed by atoms with E-state index in [0.29, 0.717) is 6.61 Å². The van der Waals surface area contributed by atoms with Gasteiger partial charge in [-0.1, -0.05) is 42.5 Å². The van der Waals surface area contributed by atoms with Crippen LogP contribution in [0.15, 0.2) is 48.6 Å². The van der Waals surface area contributed by atoms with Crippen molar-refractivity contribution >= 4 is 17.2 Å². The fourth-order valence-electron chi connectivity index (χ4n) is 2.21. The number of ether oxygens (including phenoxy) is 2. The summed E-state index contributed by atoms with van der Waals surface area (Å²) in [6, 6.07) is 5.94. The van der Waals surface area contributed by atoms with Crippen LogP contribution in [0.5, 0.6) is 11.5 Å². The molecule has 0 saturated heterocycles. The zero-order chi connectivity index (χ0) is 15.2. The van der Waals surface area contributed by atoms with E-state index >= 15 is 0 Å². The van der Waals surface area contributed by atoms with E-state index in [9.17, 15) is 0 Å². The number of hydrogen-bond donors (Lipinski definition) is 1. The number of halogens is 1. The van der Waals surface area contributed by atoms with Crippen LogP contribution in [0.25, 0.3) is 5.57 Å². The molecule has 2 atom stereocenters. The Morgan fingerprint density at radius 1 is 1.24 bits per heavy atom. The molecular weight excluding hydrogens is 286 g/mol. The Morgan fingerprint density at radius 2 is 2.05 bits per heavy atom. The van der Waals surface area contributed by atoms with E-state index in [1.807, 2.05) is 55.5 Å². The number of fused-ring (bicyclic) bond motifs is 1. The van der Waals surface area contributed by atoms with Gasteiger partial charge in [-0.25, -0.2) is 0 Å². The van der Waals surface area contributed by atoms with Crippen LogP contribution in [0.4, 0.5) is 0 Å². The molecule has 4 heteroatoms. The molecule has 0 radical (unpaired) electrons. The van der Waals surface area contributed by atoms with Crippen molar-refractivity contribution in [1.82, 2.24) is 0 Å². The number of hydrogen-bond acceptors (Lipinski definition) is 3. The lowest BCUT2D eigenvalue weighted by atomic mass is 10.0. The Balaban J connectivity index is 0.000000774. The molecule has 1 aromatic carbocycles. The fraction of sp³-hybridized carbons (Fsp3) is 0.294. The second-order valence-electron chi connectivity index (χ2n) is 4.68. The standard InChI is InChI=1S/C16H15ClO2.CH5N/c1-11-10-18-15-8-4-7-14(16(15)19-11)12-5-2-3-6-13(17)9-12;1-2/h2-9,11,13H,10H2,1H3;2H2,1H3. The van der Waals surface area contributed by atoms with Crippen molar-refractivity contribution < 1.29 is 9.47 Å². The lowest BCUT2D eigenvalue weighted by Crippen LogP contribution is -2.26. The molecule has 0 fully saturated rings. The normalized spacial score (nSPS) is 22.8. The number of rotatable bonds is 1. The molecule has 0 aromatic heterocycles. The molecule has 0 saturated carbocycles. The molecule has 1 aliphatic carbocycles. The first-order valence-electron chi connectivity index (χ1n) is 6.95. The minimum Gasteiger partial charge on any atom is -0.486 e. The quantitative estimate of drug-likeness (QED) is 0.807. The molecule has 2 unspecified atom stereocenters. The van der Waals surface area contributed by atoms with Crippen molar-refractivity contribution in [3.8, 4) is 11.5 Å². The molecule has 2 N–H and O–H groups in total. The van der Waals surface area contributed by atoms with Gasteiger partial charge in [0.2, 0.25) is 0 Å². The predicted octanol–water partition coefficient (Wildman–Crippen LogP) is 3.54. The van der Waals surface area contributed by atoms with Crippen molar-refractivity contribution in [2.75, 3.05) is 13.7 Å². The van der Waals surface area contributed by atoms with Crippen molar-refractivity contribution in [3.63, 3.8) is 0 Å². The Bertz CT molecular complexity index is 578.